The monoisotopic (exact) mass is 191 g/mol. The Bertz CT molecular complexity index is 299. The predicted octanol–water partition coefficient (Wildman–Crippen LogP) is 1.71. The van der Waals surface area contributed by atoms with Crippen LogP contribution in [0, 0.1) is 0 Å². The number of nitrogens with one attached hydrogen (secondary N) is 1. The summed E-state index contributed by atoms with van der Waals surface area (Å²) in [5, 5.41) is 7.75. The van der Waals surface area contributed by atoms with E-state index in [0.29, 0.717) is 0 Å². The van der Waals surface area contributed by atoms with Crippen molar-refractivity contribution in [1.82, 2.24) is 15.1 Å². The molecule has 14 heavy (non-hydrogen) atoms. The molecular weight excluding hydrogens is 174 g/mol. The van der Waals surface area contributed by atoms with Crippen molar-refractivity contribution in [3.8, 4) is 0 Å². The first-order valence-corrected chi connectivity index (χ1v) is 5.24. The van der Waals surface area contributed by atoms with Gasteiger partial charge in [-0.25, -0.2) is 0 Å². The number of aryl methyl sites for hydroxylation is 1. The fourth-order valence-corrected chi connectivity index (χ4v) is 1.39. The van der Waals surface area contributed by atoms with Gasteiger partial charge in [-0.15, -0.1) is 6.58 Å². The van der Waals surface area contributed by atoms with Crippen molar-refractivity contribution < 1.29 is 0 Å². The Morgan fingerprint density at radius 3 is 3.21 bits per heavy atom. The first kappa shape index (κ1) is 9.46. The van der Waals surface area contributed by atoms with Crippen LogP contribution in [0.15, 0.2) is 25.0 Å². The van der Waals surface area contributed by atoms with Crippen LogP contribution in [0.3, 0.4) is 0 Å². The zero-order chi connectivity index (χ0) is 9.80. The van der Waals surface area contributed by atoms with Crippen LogP contribution >= 0.6 is 0 Å². The molecule has 76 valence electrons. The van der Waals surface area contributed by atoms with E-state index >= 15 is 0 Å². The van der Waals surface area contributed by atoms with Crippen molar-refractivity contribution in [2.75, 3.05) is 0 Å². The van der Waals surface area contributed by atoms with Gasteiger partial charge in [0.25, 0.3) is 0 Å². The molecule has 1 aliphatic rings. The van der Waals surface area contributed by atoms with Crippen LogP contribution in [0.1, 0.15) is 24.8 Å². The van der Waals surface area contributed by atoms with Crippen molar-refractivity contribution in [3.05, 3.63) is 30.6 Å². The van der Waals surface area contributed by atoms with Crippen LogP contribution in [0.5, 0.6) is 0 Å². The van der Waals surface area contributed by atoms with Crippen LogP contribution in [-0.4, -0.2) is 15.8 Å². The highest BCUT2D eigenvalue weighted by Crippen LogP contribution is 2.19. The average molecular weight is 191 g/mol. The molecule has 0 aliphatic heterocycles. The second-order valence-corrected chi connectivity index (χ2v) is 3.84. The maximum absolute atomic E-state index is 4.28. The van der Waals surface area contributed by atoms with E-state index in [4.69, 9.17) is 0 Å². The molecule has 1 aliphatic carbocycles. The molecule has 3 nitrogen and oxygen atoms in total. The molecule has 3 heteroatoms. The van der Waals surface area contributed by atoms with Crippen LogP contribution < -0.4 is 5.32 Å². The Hall–Kier alpha value is -1.09. The lowest BCUT2D eigenvalue weighted by molar-refractivity contribution is 0.622. The Morgan fingerprint density at radius 2 is 2.50 bits per heavy atom. The van der Waals surface area contributed by atoms with E-state index < -0.39 is 0 Å². The molecule has 0 unspecified atom stereocenters. The summed E-state index contributed by atoms with van der Waals surface area (Å²) in [5.74, 6) is 0. The van der Waals surface area contributed by atoms with Gasteiger partial charge in [-0.3, -0.25) is 4.68 Å². The fraction of sp³-hybridized carbons (Fsp3) is 0.545. The third-order valence-corrected chi connectivity index (χ3v) is 2.42. The van der Waals surface area contributed by atoms with E-state index in [-0.39, 0.29) is 0 Å². The van der Waals surface area contributed by atoms with Gasteiger partial charge in [0.2, 0.25) is 0 Å². The van der Waals surface area contributed by atoms with E-state index in [2.05, 4.69) is 23.2 Å². The van der Waals surface area contributed by atoms with Crippen molar-refractivity contribution in [3.63, 3.8) is 0 Å². The molecule has 1 N–H and O–H groups in total. The van der Waals surface area contributed by atoms with Gasteiger partial charge in [-0.1, -0.05) is 6.08 Å². The topological polar surface area (TPSA) is 29.9 Å². The fourth-order valence-electron chi connectivity index (χ4n) is 1.39. The van der Waals surface area contributed by atoms with Gasteiger partial charge >= 0.3 is 0 Å². The molecule has 0 radical (unpaired) electrons. The van der Waals surface area contributed by atoms with Gasteiger partial charge < -0.3 is 5.32 Å². The highest BCUT2D eigenvalue weighted by Gasteiger charge is 2.19. The molecule has 0 saturated heterocycles. The normalized spacial score (nSPS) is 15.7. The SMILES string of the molecule is C=CCCn1cc(CNC2CC2)cn1. The van der Waals surface area contributed by atoms with E-state index in [0.717, 1.165) is 25.6 Å². The summed E-state index contributed by atoms with van der Waals surface area (Å²) < 4.78 is 1.98. The number of nitrogens with zero attached hydrogens (tertiary/aromatic N) is 2. The lowest BCUT2D eigenvalue weighted by atomic mass is 10.3. The predicted molar refractivity (Wildman–Crippen MR) is 56.9 cm³/mol. The largest absolute Gasteiger partial charge is 0.310 e. The third-order valence-electron chi connectivity index (χ3n) is 2.42. The molecule has 0 atom stereocenters. The lowest BCUT2D eigenvalue weighted by Crippen LogP contribution is -2.14. The summed E-state index contributed by atoms with van der Waals surface area (Å²) in [6, 6.07) is 0.770. The summed E-state index contributed by atoms with van der Waals surface area (Å²) in [6.07, 6.45) is 9.63. The van der Waals surface area contributed by atoms with Gasteiger partial charge in [0.05, 0.1) is 6.20 Å². The molecule has 0 aromatic carbocycles. The Balaban J connectivity index is 1.78. The molecule has 1 fully saturated rings. The number of rotatable bonds is 6. The highest BCUT2D eigenvalue weighted by atomic mass is 15.3. The van der Waals surface area contributed by atoms with Crippen LogP contribution in [0.2, 0.25) is 0 Å². The van der Waals surface area contributed by atoms with Gasteiger partial charge in [-0.2, -0.15) is 5.10 Å². The molecule has 0 amide bonds. The summed E-state index contributed by atoms with van der Waals surface area (Å²) in [7, 11) is 0. The summed E-state index contributed by atoms with van der Waals surface area (Å²) in [6.45, 7) is 5.59. The smallest absolute Gasteiger partial charge is 0.0534 e. The molecule has 0 spiro atoms. The number of hydrogen-bond donors (Lipinski definition) is 1. The van der Waals surface area contributed by atoms with Gasteiger partial charge in [-0.05, 0) is 19.3 Å². The first-order valence-electron chi connectivity index (χ1n) is 5.24. The zero-order valence-corrected chi connectivity index (χ0v) is 8.45. The van der Waals surface area contributed by atoms with Crippen molar-refractivity contribution in [2.24, 2.45) is 0 Å². The maximum Gasteiger partial charge on any atom is 0.0534 e. The summed E-state index contributed by atoms with van der Waals surface area (Å²) >= 11 is 0. The van der Waals surface area contributed by atoms with E-state index in [1.54, 1.807) is 0 Å². The van der Waals surface area contributed by atoms with Crippen molar-refractivity contribution in [2.45, 2.75) is 38.4 Å². The third kappa shape index (κ3) is 2.70. The van der Waals surface area contributed by atoms with Gasteiger partial charge in [0.1, 0.15) is 0 Å². The maximum atomic E-state index is 4.28. The molecule has 1 heterocycles. The van der Waals surface area contributed by atoms with Crippen LogP contribution in [0.25, 0.3) is 0 Å². The Kier molecular flexibility index (Phi) is 2.99. The quantitative estimate of drug-likeness (QED) is 0.694. The Labute approximate surface area is 84.8 Å². The minimum absolute atomic E-state index is 0.770. The molecule has 1 aromatic rings. The number of aromatic nitrogens is 2. The molecule has 1 aromatic heterocycles. The zero-order valence-electron chi connectivity index (χ0n) is 8.45. The lowest BCUT2D eigenvalue weighted by Gasteiger charge is -1.98. The van der Waals surface area contributed by atoms with Crippen LogP contribution in [0.4, 0.5) is 0 Å². The molecule has 1 saturated carbocycles. The highest BCUT2D eigenvalue weighted by molar-refractivity contribution is 5.04. The minimum Gasteiger partial charge on any atom is -0.310 e. The second-order valence-electron chi connectivity index (χ2n) is 3.84. The molecule has 2 rings (SSSR count). The van der Waals surface area contributed by atoms with E-state index in [9.17, 15) is 0 Å². The van der Waals surface area contributed by atoms with E-state index in [1.165, 1.54) is 18.4 Å². The number of allylic oxidation sites excluding steroid dienone is 1. The van der Waals surface area contributed by atoms with Crippen molar-refractivity contribution in [1.29, 1.82) is 0 Å². The molecule has 0 bridgehead atoms. The number of hydrogen-bond acceptors (Lipinski definition) is 2. The first-order chi connectivity index (χ1) is 6.88. The second kappa shape index (κ2) is 4.42. The summed E-state index contributed by atoms with van der Waals surface area (Å²) in [4.78, 5) is 0. The summed E-state index contributed by atoms with van der Waals surface area (Å²) in [5.41, 5.74) is 1.28. The standard InChI is InChI=1S/C11H17N3/c1-2-3-6-14-9-10(8-13-14)7-12-11-4-5-11/h2,8-9,11-12H,1,3-7H2. The average Bonchev–Trinajstić information content (AvgIpc) is 2.92. The molecular formula is C11H17N3. The Morgan fingerprint density at radius 1 is 1.64 bits per heavy atom. The van der Waals surface area contributed by atoms with Crippen molar-refractivity contribution >= 4 is 0 Å². The van der Waals surface area contributed by atoms with Crippen LogP contribution in [-0.2, 0) is 13.1 Å². The minimum atomic E-state index is 0.770. The van der Waals surface area contributed by atoms with E-state index in [1.807, 2.05) is 17.0 Å². The van der Waals surface area contributed by atoms with Gasteiger partial charge in [0.15, 0.2) is 0 Å². The van der Waals surface area contributed by atoms with Gasteiger partial charge in [0, 0.05) is 30.9 Å².